The van der Waals surface area contributed by atoms with Crippen LogP contribution in [0.1, 0.15) is 49.4 Å². The zero-order chi connectivity index (χ0) is 9.26. The zero-order valence-electron chi connectivity index (χ0n) is 8.21. The highest BCUT2D eigenvalue weighted by molar-refractivity contribution is 7.09. The molecule has 0 bridgehead atoms. The van der Waals surface area contributed by atoms with Gasteiger partial charge < -0.3 is 5.32 Å². The molecule has 1 fully saturated rings. The molecule has 3 heteroatoms. The van der Waals surface area contributed by atoms with Crippen molar-refractivity contribution in [3.05, 3.63) is 16.1 Å². The van der Waals surface area contributed by atoms with Crippen LogP contribution in [0.2, 0.25) is 0 Å². The first-order chi connectivity index (χ1) is 6.27. The monoisotopic (exact) mass is 196 g/mol. The maximum absolute atomic E-state index is 4.65. The smallest absolute Gasteiger partial charge is 0.110 e. The molecule has 13 heavy (non-hydrogen) atoms. The maximum atomic E-state index is 4.65. The molecule has 72 valence electrons. The molecule has 1 N–H and O–H groups in total. The number of thiazole rings is 1. The predicted molar refractivity (Wildman–Crippen MR) is 56.2 cm³/mol. The van der Waals surface area contributed by atoms with Crippen molar-refractivity contribution in [3.63, 3.8) is 0 Å². The van der Waals surface area contributed by atoms with Gasteiger partial charge in [0.1, 0.15) is 5.01 Å². The van der Waals surface area contributed by atoms with Crippen LogP contribution in [0.5, 0.6) is 0 Å². The van der Waals surface area contributed by atoms with Gasteiger partial charge in [0.2, 0.25) is 0 Å². The molecule has 0 spiro atoms. The van der Waals surface area contributed by atoms with E-state index in [0.717, 1.165) is 6.54 Å². The lowest BCUT2D eigenvalue weighted by molar-refractivity contribution is 0.637. The molecule has 0 amide bonds. The molecule has 1 saturated heterocycles. The quantitative estimate of drug-likeness (QED) is 0.786. The second-order valence-corrected chi connectivity index (χ2v) is 4.80. The summed E-state index contributed by atoms with van der Waals surface area (Å²) in [6.45, 7) is 5.54. The van der Waals surface area contributed by atoms with Crippen LogP contribution in [-0.4, -0.2) is 11.5 Å². The third-order valence-corrected chi connectivity index (χ3v) is 3.47. The van der Waals surface area contributed by atoms with E-state index < -0.39 is 0 Å². The van der Waals surface area contributed by atoms with E-state index in [9.17, 15) is 0 Å². The van der Waals surface area contributed by atoms with Gasteiger partial charge in [0.15, 0.2) is 0 Å². The van der Waals surface area contributed by atoms with E-state index in [1.54, 1.807) is 11.3 Å². The average molecular weight is 196 g/mol. The molecule has 0 radical (unpaired) electrons. The highest BCUT2D eigenvalue weighted by Crippen LogP contribution is 2.27. The normalized spacial score (nSPS) is 22.8. The summed E-state index contributed by atoms with van der Waals surface area (Å²) < 4.78 is 0. The van der Waals surface area contributed by atoms with Crippen LogP contribution in [0.25, 0.3) is 0 Å². The molecular weight excluding hydrogens is 180 g/mol. The van der Waals surface area contributed by atoms with E-state index in [0.29, 0.717) is 12.0 Å². The van der Waals surface area contributed by atoms with Crippen molar-refractivity contribution >= 4 is 11.3 Å². The second kappa shape index (κ2) is 3.76. The van der Waals surface area contributed by atoms with Gasteiger partial charge in [-0.3, -0.25) is 0 Å². The number of hydrogen-bond acceptors (Lipinski definition) is 3. The van der Waals surface area contributed by atoms with Gasteiger partial charge >= 0.3 is 0 Å². The summed E-state index contributed by atoms with van der Waals surface area (Å²) in [5.74, 6) is 0.561. The van der Waals surface area contributed by atoms with Crippen LogP contribution >= 0.6 is 11.3 Å². The van der Waals surface area contributed by atoms with Gasteiger partial charge in [-0.05, 0) is 25.3 Å². The number of hydrogen-bond donors (Lipinski definition) is 1. The SMILES string of the molecule is CC(C)c1csc(C2CCCN2)n1. The molecule has 0 aromatic carbocycles. The van der Waals surface area contributed by atoms with Gasteiger partial charge in [-0.2, -0.15) is 0 Å². The Morgan fingerprint density at radius 2 is 2.46 bits per heavy atom. The lowest BCUT2D eigenvalue weighted by Crippen LogP contribution is -2.12. The average Bonchev–Trinajstić information content (AvgIpc) is 2.75. The fourth-order valence-electron chi connectivity index (χ4n) is 1.62. The van der Waals surface area contributed by atoms with Crippen LogP contribution in [0, 0.1) is 0 Å². The summed E-state index contributed by atoms with van der Waals surface area (Å²) in [6, 6.07) is 0.539. The van der Waals surface area contributed by atoms with Crippen LogP contribution in [0.4, 0.5) is 0 Å². The Hall–Kier alpha value is -0.410. The maximum Gasteiger partial charge on any atom is 0.110 e. The second-order valence-electron chi connectivity index (χ2n) is 3.91. The number of rotatable bonds is 2. The van der Waals surface area contributed by atoms with Crippen molar-refractivity contribution in [1.29, 1.82) is 0 Å². The topological polar surface area (TPSA) is 24.9 Å². The molecule has 0 aliphatic carbocycles. The fraction of sp³-hybridized carbons (Fsp3) is 0.700. The van der Waals surface area contributed by atoms with E-state index in [1.165, 1.54) is 23.5 Å². The molecule has 1 aromatic rings. The van der Waals surface area contributed by atoms with Crippen LogP contribution < -0.4 is 5.32 Å². The molecule has 1 atom stereocenters. The number of nitrogens with one attached hydrogen (secondary N) is 1. The minimum absolute atomic E-state index is 0.539. The first-order valence-corrected chi connectivity index (χ1v) is 5.84. The van der Waals surface area contributed by atoms with Gasteiger partial charge in [0.05, 0.1) is 11.7 Å². The summed E-state index contributed by atoms with van der Waals surface area (Å²) in [7, 11) is 0. The van der Waals surface area contributed by atoms with Gasteiger partial charge in [0.25, 0.3) is 0 Å². The summed E-state index contributed by atoms with van der Waals surface area (Å²) in [4.78, 5) is 4.65. The Kier molecular flexibility index (Phi) is 2.65. The lowest BCUT2D eigenvalue weighted by Gasteiger charge is -2.04. The molecular formula is C10H16N2S. The molecule has 2 nitrogen and oxygen atoms in total. The van der Waals surface area contributed by atoms with Crippen LogP contribution in [0.3, 0.4) is 0 Å². The molecule has 2 rings (SSSR count). The molecule has 2 heterocycles. The third-order valence-electron chi connectivity index (χ3n) is 2.49. The van der Waals surface area contributed by atoms with Gasteiger partial charge in [0, 0.05) is 5.38 Å². The van der Waals surface area contributed by atoms with E-state index in [-0.39, 0.29) is 0 Å². The van der Waals surface area contributed by atoms with Crippen molar-refractivity contribution in [2.75, 3.05) is 6.54 Å². The Labute approximate surface area is 83.4 Å². The predicted octanol–water partition coefficient (Wildman–Crippen LogP) is 2.69. The van der Waals surface area contributed by atoms with Crippen LogP contribution in [0.15, 0.2) is 5.38 Å². The Morgan fingerprint density at radius 1 is 1.62 bits per heavy atom. The standard InChI is InChI=1S/C10H16N2S/c1-7(2)9-6-13-10(12-9)8-4-3-5-11-8/h6-8,11H,3-5H2,1-2H3. The molecule has 1 aliphatic heterocycles. The Balaban J connectivity index is 2.12. The van der Waals surface area contributed by atoms with Crippen molar-refractivity contribution in [2.24, 2.45) is 0 Å². The van der Waals surface area contributed by atoms with E-state index >= 15 is 0 Å². The molecule has 1 aromatic heterocycles. The summed E-state index contributed by atoms with van der Waals surface area (Å²) in [5, 5.41) is 6.95. The third kappa shape index (κ3) is 1.92. The fourth-order valence-corrected chi connectivity index (χ4v) is 2.71. The van der Waals surface area contributed by atoms with Crippen molar-refractivity contribution in [1.82, 2.24) is 10.3 Å². The summed E-state index contributed by atoms with van der Waals surface area (Å²) in [6.07, 6.45) is 2.55. The van der Waals surface area contributed by atoms with Gasteiger partial charge in [-0.1, -0.05) is 13.8 Å². The number of aromatic nitrogens is 1. The van der Waals surface area contributed by atoms with Crippen molar-refractivity contribution in [2.45, 2.75) is 38.6 Å². The first-order valence-electron chi connectivity index (χ1n) is 4.96. The summed E-state index contributed by atoms with van der Waals surface area (Å²) >= 11 is 1.80. The largest absolute Gasteiger partial charge is 0.308 e. The van der Waals surface area contributed by atoms with Crippen molar-refractivity contribution in [3.8, 4) is 0 Å². The van der Waals surface area contributed by atoms with Crippen molar-refractivity contribution < 1.29 is 0 Å². The minimum atomic E-state index is 0.539. The molecule has 1 aliphatic rings. The van der Waals surface area contributed by atoms with E-state index in [1.807, 2.05) is 0 Å². The Bertz CT molecular complexity index is 274. The molecule has 0 saturated carbocycles. The Morgan fingerprint density at radius 3 is 3.00 bits per heavy atom. The lowest BCUT2D eigenvalue weighted by atomic mass is 10.1. The first kappa shape index (κ1) is 9.16. The molecule has 1 unspecified atom stereocenters. The zero-order valence-corrected chi connectivity index (χ0v) is 9.03. The highest BCUT2D eigenvalue weighted by atomic mass is 32.1. The minimum Gasteiger partial charge on any atom is -0.308 e. The highest BCUT2D eigenvalue weighted by Gasteiger charge is 2.19. The summed E-state index contributed by atoms with van der Waals surface area (Å²) in [5.41, 5.74) is 1.24. The van der Waals surface area contributed by atoms with Crippen LogP contribution in [-0.2, 0) is 0 Å². The van der Waals surface area contributed by atoms with Gasteiger partial charge in [-0.25, -0.2) is 4.98 Å². The van der Waals surface area contributed by atoms with Gasteiger partial charge in [-0.15, -0.1) is 11.3 Å². The van der Waals surface area contributed by atoms with E-state index in [2.05, 4.69) is 29.5 Å². The van der Waals surface area contributed by atoms with E-state index in [4.69, 9.17) is 0 Å². The number of nitrogens with zero attached hydrogens (tertiary/aromatic N) is 1.